The fourth-order valence-electron chi connectivity index (χ4n) is 2.12. The van der Waals surface area contributed by atoms with Crippen LogP contribution in [0.4, 0.5) is 19.0 Å². The summed E-state index contributed by atoms with van der Waals surface area (Å²) in [7, 11) is 0. The van der Waals surface area contributed by atoms with Gasteiger partial charge in [-0.3, -0.25) is 4.90 Å². The van der Waals surface area contributed by atoms with Crippen molar-refractivity contribution in [2.45, 2.75) is 6.18 Å². The normalized spacial score (nSPS) is 17.2. The number of piperazine rings is 1. The minimum atomic E-state index is -4.17. The average Bonchev–Trinajstić information content (AvgIpc) is 2.38. The Labute approximate surface area is 119 Å². The van der Waals surface area contributed by atoms with Crippen LogP contribution in [-0.2, 0) is 0 Å². The highest BCUT2D eigenvalue weighted by Crippen LogP contribution is 2.21. The van der Waals surface area contributed by atoms with E-state index in [9.17, 15) is 13.2 Å². The fourth-order valence-corrected chi connectivity index (χ4v) is 2.28. The molecule has 5 nitrogen and oxygen atoms in total. The monoisotopic (exact) mass is 305 g/mol. The van der Waals surface area contributed by atoms with Crippen molar-refractivity contribution in [1.29, 1.82) is 0 Å². The number of halogens is 3. The van der Waals surface area contributed by atoms with Gasteiger partial charge in [0.05, 0.1) is 18.3 Å². The molecule has 0 spiro atoms. The van der Waals surface area contributed by atoms with E-state index in [1.807, 2.05) is 4.90 Å². The molecule has 1 saturated heterocycles. The molecule has 0 aliphatic carbocycles. The van der Waals surface area contributed by atoms with E-state index in [-0.39, 0.29) is 4.99 Å². The lowest BCUT2D eigenvalue weighted by Gasteiger charge is -2.35. The van der Waals surface area contributed by atoms with Crippen LogP contribution in [0.2, 0.25) is 0 Å². The Morgan fingerprint density at radius 2 is 1.95 bits per heavy atom. The molecule has 110 valence electrons. The maximum atomic E-state index is 12.3. The van der Waals surface area contributed by atoms with Crippen molar-refractivity contribution < 1.29 is 13.2 Å². The van der Waals surface area contributed by atoms with Gasteiger partial charge >= 0.3 is 6.18 Å². The van der Waals surface area contributed by atoms with Gasteiger partial charge in [0, 0.05) is 26.2 Å². The molecule has 1 aromatic rings. The zero-order valence-corrected chi connectivity index (χ0v) is 11.4. The first-order valence-corrected chi connectivity index (χ1v) is 6.43. The molecule has 9 heteroatoms. The van der Waals surface area contributed by atoms with E-state index in [4.69, 9.17) is 18.0 Å². The minimum absolute atomic E-state index is 0.202. The summed E-state index contributed by atoms with van der Waals surface area (Å²) >= 11 is 4.94. The highest BCUT2D eigenvalue weighted by molar-refractivity contribution is 7.80. The molecule has 2 heterocycles. The van der Waals surface area contributed by atoms with Crippen LogP contribution in [-0.4, -0.2) is 59.0 Å². The van der Waals surface area contributed by atoms with Crippen molar-refractivity contribution in [3.05, 3.63) is 17.8 Å². The van der Waals surface area contributed by atoms with E-state index < -0.39 is 12.7 Å². The predicted molar refractivity (Wildman–Crippen MR) is 72.6 cm³/mol. The van der Waals surface area contributed by atoms with Crippen molar-refractivity contribution in [3.63, 3.8) is 0 Å². The fraction of sp³-hybridized carbons (Fsp3) is 0.545. The second-order valence-corrected chi connectivity index (χ2v) is 4.95. The number of hydrogen-bond acceptors (Lipinski definition) is 5. The highest BCUT2D eigenvalue weighted by atomic mass is 32.1. The van der Waals surface area contributed by atoms with Gasteiger partial charge in [-0.15, -0.1) is 5.10 Å². The Morgan fingerprint density at radius 3 is 2.50 bits per heavy atom. The number of anilines is 1. The van der Waals surface area contributed by atoms with E-state index in [0.29, 0.717) is 37.6 Å². The molecule has 1 aliphatic rings. The van der Waals surface area contributed by atoms with Gasteiger partial charge in [0.15, 0.2) is 5.82 Å². The summed E-state index contributed by atoms with van der Waals surface area (Å²) in [5.41, 5.74) is 6.21. The molecule has 1 fully saturated rings. The van der Waals surface area contributed by atoms with E-state index in [1.54, 1.807) is 6.07 Å². The van der Waals surface area contributed by atoms with Gasteiger partial charge < -0.3 is 10.6 Å². The van der Waals surface area contributed by atoms with Crippen LogP contribution in [0.1, 0.15) is 5.56 Å². The van der Waals surface area contributed by atoms with Crippen LogP contribution >= 0.6 is 12.2 Å². The highest BCUT2D eigenvalue weighted by Gasteiger charge is 2.32. The summed E-state index contributed by atoms with van der Waals surface area (Å²) in [6, 6.07) is 1.66. The van der Waals surface area contributed by atoms with Gasteiger partial charge in [0.25, 0.3) is 0 Å². The van der Waals surface area contributed by atoms with Crippen LogP contribution in [0.5, 0.6) is 0 Å². The van der Waals surface area contributed by atoms with E-state index >= 15 is 0 Å². The van der Waals surface area contributed by atoms with Gasteiger partial charge in [-0.25, -0.2) is 0 Å². The number of aromatic nitrogens is 2. The molecule has 0 unspecified atom stereocenters. The maximum absolute atomic E-state index is 12.3. The van der Waals surface area contributed by atoms with Crippen molar-refractivity contribution in [2.75, 3.05) is 37.6 Å². The van der Waals surface area contributed by atoms with Crippen molar-refractivity contribution >= 4 is 23.0 Å². The molecule has 0 saturated carbocycles. The van der Waals surface area contributed by atoms with Crippen LogP contribution in [0.25, 0.3) is 0 Å². The Hall–Kier alpha value is -1.48. The summed E-state index contributed by atoms with van der Waals surface area (Å²) in [5.74, 6) is 0.534. The zero-order valence-electron chi connectivity index (χ0n) is 10.6. The lowest BCUT2D eigenvalue weighted by molar-refractivity contribution is -0.146. The number of nitrogens with two attached hydrogens (primary N) is 1. The Balaban J connectivity index is 2.03. The number of alkyl halides is 3. The first kappa shape index (κ1) is 14.9. The molecule has 0 aromatic carbocycles. The molecule has 1 aromatic heterocycles. The van der Waals surface area contributed by atoms with Crippen molar-refractivity contribution in [3.8, 4) is 0 Å². The Bertz CT molecular complexity index is 485. The molecular weight excluding hydrogens is 291 g/mol. The maximum Gasteiger partial charge on any atom is 0.401 e. The first-order valence-electron chi connectivity index (χ1n) is 6.02. The third kappa shape index (κ3) is 3.76. The molecule has 2 rings (SSSR count). The van der Waals surface area contributed by atoms with E-state index in [1.165, 1.54) is 11.1 Å². The largest absolute Gasteiger partial charge is 0.401 e. The average molecular weight is 305 g/mol. The van der Waals surface area contributed by atoms with E-state index in [2.05, 4.69) is 10.2 Å². The van der Waals surface area contributed by atoms with Gasteiger partial charge in [-0.1, -0.05) is 12.2 Å². The molecule has 1 aliphatic heterocycles. The third-order valence-electron chi connectivity index (χ3n) is 3.04. The van der Waals surface area contributed by atoms with Gasteiger partial charge in [0.1, 0.15) is 4.99 Å². The van der Waals surface area contributed by atoms with Gasteiger partial charge in [-0.05, 0) is 6.07 Å². The first-order chi connectivity index (χ1) is 9.37. The second kappa shape index (κ2) is 5.88. The lowest BCUT2D eigenvalue weighted by atomic mass is 10.2. The van der Waals surface area contributed by atoms with Crippen molar-refractivity contribution in [1.82, 2.24) is 15.1 Å². The van der Waals surface area contributed by atoms with Crippen LogP contribution in [0, 0.1) is 0 Å². The molecule has 0 bridgehead atoms. The summed E-state index contributed by atoms with van der Waals surface area (Å²) in [6.07, 6.45) is -2.68. The SMILES string of the molecule is NC(=S)c1ccnnc1N1CCN(CC(F)(F)F)CC1. The molecule has 2 N–H and O–H groups in total. The molecule has 0 atom stereocenters. The standard InChI is InChI=1S/C11H14F3N5S/c12-11(13,14)7-18-3-5-19(6-4-18)10-8(9(15)20)1-2-16-17-10/h1-2H,3-7H2,(H2,15,20). The Morgan fingerprint density at radius 1 is 1.30 bits per heavy atom. The third-order valence-corrected chi connectivity index (χ3v) is 3.26. The van der Waals surface area contributed by atoms with Crippen LogP contribution < -0.4 is 10.6 Å². The summed E-state index contributed by atoms with van der Waals surface area (Å²) < 4.78 is 37.0. The second-order valence-electron chi connectivity index (χ2n) is 4.51. The number of hydrogen-bond donors (Lipinski definition) is 1. The summed E-state index contributed by atoms with van der Waals surface area (Å²) in [5, 5.41) is 7.77. The minimum Gasteiger partial charge on any atom is -0.389 e. The van der Waals surface area contributed by atoms with Gasteiger partial charge in [0.2, 0.25) is 0 Å². The molecule has 0 radical (unpaired) electrons. The summed E-state index contributed by atoms with van der Waals surface area (Å²) in [6.45, 7) is 0.609. The van der Waals surface area contributed by atoms with Crippen LogP contribution in [0.3, 0.4) is 0 Å². The topological polar surface area (TPSA) is 58.3 Å². The van der Waals surface area contributed by atoms with E-state index in [0.717, 1.165) is 0 Å². The molecular formula is C11H14F3N5S. The van der Waals surface area contributed by atoms with Crippen molar-refractivity contribution in [2.24, 2.45) is 5.73 Å². The quantitative estimate of drug-likeness (QED) is 0.834. The number of rotatable bonds is 3. The van der Waals surface area contributed by atoms with Crippen LogP contribution in [0.15, 0.2) is 12.3 Å². The Kier molecular flexibility index (Phi) is 4.39. The number of nitrogens with zero attached hydrogens (tertiary/aromatic N) is 4. The summed E-state index contributed by atoms with van der Waals surface area (Å²) in [4.78, 5) is 3.43. The lowest BCUT2D eigenvalue weighted by Crippen LogP contribution is -2.49. The number of thiocarbonyl (C=S) groups is 1. The molecule has 20 heavy (non-hydrogen) atoms. The predicted octanol–water partition coefficient (Wildman–Crippen LogP) is 0.795. The molecule has 0 amide bonds. The smallest absolute Gasteiger partial charge is 0.389 e. The van der Waals surface area contributed by atoms with Gasteiger partial charge in [-0.2, -0.15) is 18.3 Å². The zero-order chi connectivity index (χ0) is 14.8.